The number of nitrogens with zero attached hydrogens (tertiary/aromatic N) is 1. The van der Waals surface area contributed by atoms with Gasteiger partial charge in [0, 0.05) is 43.2 Å². The first-order valence-electron chi connectivity index (χ1n) is 11.2. The maximum absolute atomic E-state index is 13.1. The Morgan fingerprint density at radius 3 is 1.81 bits per heavy atom. The second-order valence-electron chi connectivity index (χ2n) is 8.41. The van der Waals surface area contributed by atoms with Gasteiger partial charge in [0.15, 0.2) is 0 Å². The average molecular weight is 533 g/mol. The van der Waals surface area contributed by atoms with Gasteiger partial charge >= 0.3 is 12.4 Å². The van der Waals surface area contributed by atoms with Crippen molar-refractivity contribution < 1.29 is 45.1 Å². The Kier molecular flexibility index (Phi) is 8.44. The number of halogens is 7. The number of hydrogen-bond acceptors (Lipinski definition) is 3. The summed E-state index contributed by atoms with van der Waals surface area (Å²) < 4.78 is 91.4. The fourth-order valence-electron chi connectivity index (χ4n) is 3.82. The maximum atomic E-state index is 13.1. The van der Waals surface area contributed by atoms with Gasteiger partial charge in [0.25, 0.3) is 11.8 Å². The largest absolute Gasteiger partial charge is 0.416 e. The molecule has 6 nitrogen and oxygen atoms in total. The van der Waals surface area contributed by atoms with Gasteiger partial charge in [-0.2, -0.15) is 26.3 Å². The highest BCUT2D eigenvalue weighted by Crippen LogP contribution is 2.36. The molecular weight excluding hydrogens is 511 g/mol. The van der Waals surface area contributed by atoms with Gasteiger partial charge in [-0.25, -0.2) is 4.39 Å². The van der Waals surface area contributed by atoms with E-state index in [2.05, 4.69) is 10.6 Å². The van der Waals surface area contributed by atoms with Crippen molar-refractivity contribution in [2.24, 2.45) is 5.92 Å². The van der Waals surface area contributed by atoms with Crippen LogP contribution in [0.1, 0.15) is 44.7 Å². The monoisotopic (exact) mass is 533 g/mol. The Labute approximate surface area is 206 Å². The van der Waals surface area contributed by atoms with Gasteiger partial charge in [0.1, 0.15) is 5.82 Å². The van der Waals surface area contributed by atoms with E-state index in [1.165, 1.54) is 12.1 Å². The highest BCUT2D eigenvalue weighted by molar-refractivity contribution is 5.95. The summed E-state index contributed by atoms with van der Waals surface area (Å²) in [6.45, 7) is 0.122. The molecule has 1 fully saturated rings. The van der Waals surface area contributed by atoms with Crippen LogP contribution in [0.4, 0.5) is 30.7 Å². The first-order valence-corrected chi connectivity index (χ1v) is 11.2. The minimum Gasteiger partial charge on any atom is -0.354 e. The molecule has 0 aliphatic carbocycles. The fourth-order valence-corrected chi connectivity index (χ4v) is 3.82. The lowest BCUT2D eigenvalue weighted by Gasteiger charge is -2.31. The van der Waals surface area contributed by atoms with E-state index in [4.69, 9.17) is 0 Å². The molecule has 1 aliphatic rings. The zero-order valence-electron chi connectivity index (χ0n) is 19.2. The minimum atomic E-state index is -5.07. The highest BCUT2D eigenvalue weighted by Gasteiger charge is 2.38. The molecule has 0 spiro atoms. The summed E-state index contributed by atoms with van der Waals surface area (Å²) in [5.41, 5.74) is -3.65. The summed E-state index contributed by atoms with van der Waals surface area (Å²) in [5.74, 6) is -2.81. The highest BCUT2D eigenvalue weighted by atomic mass is 19.4. The van der Waals surface area contributed by atoms with Crippen molar-refractivity contribution in [3.63, 3.8) is 0 Å². The summed E-state index contributed by atoms with van der Waals surface area (Å²) in [7, 11) is 0. The molecule has 0 radical (unpaired) electrons. The molecule has 3 rings (SSSR count). The van der Waals surface area contributed by atoms with Crippen molar-refractivity contribution in [3.05, 3.63) is 70.5 Å². The predicted octanol–water partition coefficient (Wildman–Crippen LogP) is 4.26. The Hall–Kier alpha value is -3.64. The van der Waals surface area contributed by atoms with Gasteiger partial charge in [-0.3, -0.25) is 14.4 Å². The molecule has 1 saturated heterocycles. The number of benzene rings is 2. The van der Waals surface area contributed by atoms with Crippen LogP contribution in [0.3, 0.4) is 0 Å². The van der Waals surface area contributed by atoms with E-state index < -0.39 is 52.6 Å². The number of likely N-dealkylation sites (tertiary alicyclic amines) is 1. The molecular formula is C24H22F7N3O3. The second-order valence-corrected chi connectivity index (χ2v) is 8.41. The molecule has 0 atom stereocenters. The van der Waals surface area contributed by atoms with Gasteiger partial charge < -0.3 is 15.5 Å². The van der Waals surface area contributed by atoms with Crippen LogP contribution < -0.4 is 10.6 Å². The molecule has 37 heavy (non-hydrogen) atoms. The van der Waals surface area contributed by atoms with Gasteiger partial charge in [0.05, 0.1) is 11.1 Å². The molecule has 3 amide bonds. The lowest BCUT2D eigenvalue weighted by atomic mass is 9.95. The van der Waals surface area contributed by atoms with Crippen molar-refractivity contribution in [1.29, 1.82) is 0 Å². The van der Waals surface area contributed by atoms with Crippen molar-refractivity contribution in [1.82, 2.24) is 15.5 Å². The average Bonchev–Trinajstić information content (AvgIpc) is 2.85. The van der Waals surface area contributed by atoms with Crippen molar-refractivity contribution in [2.45, 2.75) is 25.2 Å². The van der Waals surface area contributed by atoms with Crippen molar-refractivity contribution >= 4 is 17.7 Å². The van der Waals surface area contributed by atoms with Crippen LogP contribution >= 0.6 is 0 Å². The number of rotatable bonds is 6. The normalized spacial score (nSPS) is 14.8. The molecule has 1 heterocycles. The van der Waals surface area contributed by atoms with E-state index in [1.807, 2.05) is 0 Å². The predicted molar refractivity (Wildman–Crippen MR) is 117 cm³/mol. The molecule has 2 aromatic carbocycles. The number of amides is 3. The van der Waals surface area contributed by atoms with Gasteiger partial charge in [-0.05, 0) is 55.3 Å². The molecule has 2 aromatic rings. The summed E-state index contributed by atoms with van der Waals surface area (Å²) in [6.07, 6.45) is -9.82. The number of alkyl halides is 6. The summed E-state index contributed by atoms with van der Waals surface area (Å²) in [5, 5.41) is 5.18. The maximum Gasteiger partial charge on any atom is 0.416 e. The van der Waals surface area contributed by atoms with E-state index in [1.54, 1.807) is 0 Å². The molecule has 13 heteroatoms. The number of carbonyl (C=O) groups is 3. The smallest absolute Gasteiger partial charge is 0.354 e. The van der Waals surface area contributed by atoms with Crippen molar-refractivity contribution in [2.75, 3.05) is 26.2 Å². The third kappa shape index (κ3) is 7.43. The molecule has 2 N–H and O–H groups in total. The van der Waals surface area contributed by atoms with Crippen LogP contribution in [0, 0.1) is 11.7 Å². The fraction of sp³-hybridized carbons (Fsp3) is 0.375. The van der Waals surface area contributed by atoms with Crippen molar-refractivity contribution in [3.8, 4) is 0 Å². The SMILES string of the molecule is O=C(NCCNC(=O)C1CCN(C(=O)c2cc(C(F)(F)F)cc(C(F)(F)F)c2)CC1)c1ccc(F)cc1. The minimum absolute atomic E-state index is 0.0319. The Morgan fingerprint density at radius 2 is 1.30 bits per heavy atom. The van der Waals surface area contributed by atoms with E-state index in [0.717, 1.165) is 17.0 Å². The lowest BCUT2D eigenvalue weighted by Crippen LogP contribution is -2.44. The molecule has 200 valence electrons. The molecule has 1 aliphatic heterocycles. The van der Waals surface area contributed by atoms with Crippen LogP contribution in [0.2, 0.25) is 0 Å². The van der Waals surface area contributed by atoms with Gasteiger partial charge in [0.2, 0.25) is 5.91 Å². The van der Waals surface area contributed by atoms with Crippen LogP contribution in [0.5, 0.6) is 0 Å². The second kappa shape index (κ2) is 11.2. The third-order valence-corrected chi connectivity index (χ3v) is 5.80. The van der Waals surface area contributed by atoms with Crippen LogP contribution in [-0.2, 0) is 17.1 Å². The number of hydrogen-bond donors (Lipinski definition) is 2. The summed E-state index contributed by atoms with van der Waals surface area (Å²) in [6, 6.07) is 5.61. The molecule has 0 unspecified atom stereocenters. The standard InChI is InChI=1S/C24H22F7N3O3/c25-19-3-1-14(2-4-19)20(35)32-7-8-33-21(36)15-5-9-34(10-6-15)22(37)16-11-17(23(26,27)28)13-18(12-16)24(29,30)31/h1-4,11-13,15H,5-10H2,(H,32,35)(H,33,36). The van der Waals surface area contributed by atoms with Gasteiger partial charge in [-0.15, -0.1) is 0 Å². The third-order valence-electron chi connectivity index (χ3n) is 5.80. The number of carbonyl (C=O) groups excluding carboxylic acids is 3. The van der Waals surface area contributed by atoms with E-state index >= 15 is 0 Å². The molecule has 0 saturated carbocycles. The topological polar surface area (TPSA) is 78.5 Å². The first kappa shape index (κ1) is 27.9. The van der Waals surface area contributed by atoms with Crippen LogP contribution in [0.25, 0.3) is 0 Å². The lowest BCUT2D eigenvalue weighted by molar-refractivity contribution is -0.143. The van der Waals surface area contributed by atoms with Crippen LogP contribution in [-0.4, -0.2) is 48.8 Å². The zero-order chi connectivity index (χ0) is 27.4. The number of piperidine rings is 1. The first-order chi connectivity index (χ1) is 17.3. The number of nitrogens with one attached hydrogen (secondary N) is 2. The van der Waals surface area contributed by atoms with Gasteiger partial charge in [-0.1, -0.05) is 0 Å². The Balaban J connectivity index is 1.51. The zero-order valence-corrected chi connectivity index (χ0v) is 19.2. The van der Waals surface area contributed by atoms with E-state index in [0.29, 0.717) is 12.1 Å². The Bertz CT molecular complexity index is 1110. The quantitative estimate of drug-likeness (QED) is 0.431. The van der Waals surface area contributed by atoms with Crippen LogP contribution in [0.15, 0.2) is 42.5 Å². The van der Waals surface area contributed by atoms with E-state index in [-0.39, 0.29) is 56.6 Å². The Morgan fingerprint density at radius 1 is 0.784 bits per heavy atom. The summed E-state index contributed by atoms with van der Waals surface area (Å²) in [4.78, 5) is 38.1. The molecule has 0 aromatic heterocycles. The molecule has 0 bridgehead atoms. The summed E-state index contributed by atoms with van der Waals surface area (Å²) >= 11 is 0. The van der Waals surface area contributed by atoms with E-state index in [9.17, 15) is 45.1 Å².